The minimum absolute atomic E-state index is 0.0364. The molecular formula is C22H25F3N8O2. The van der Waals surface area contributed by atoms with Crippen LogP contribution in [0.25, 0.3) is 11.0 Å². The summed E-state index contributed by atoms with van der Waals surface area (Å²) < 4.78 is 51.7. The maximum Gasteiger partial charge on any atom is 0.418 e. The summed E-state index contributed by atoms with van der Waals surface area (Å²) in [6.45, 7) is 1.03. The fourth-order valence-corrected chi connectivity index (χ4v) is 3.78. The number of amidine groups is 1. The number of aromatic nitrogens is 3. The molecule has 3 aromatic rings. The van der Waals surface area contributed by atoms with Crippen molar-refractivity contribution in [3.8, 4) is 5.75 Å². The van der Waals surface area contributed by atoms with Gasteiger partial charge in [0, 0.05) is 38.1 Å². The maximum absolute atomic E-state index is 13.7. The van der Waals surface area contributed by atoms with E-state index in [1.165, 1.54) is 12.0 Å². The van der Waals surface area contributed by atoms with E-state index < -0.39 is 11.7 Å². The second kappa shape index (κ2) is 9.78. The second-order valence-electron chi connectivity index (χ2n) is 7.98. The number of methoxy groups -OCH3 is 1. The molecule has 0 spiro atoms. The van der Waals surface area contributed by atoms with E-state index in [9.17, 15) is 13.2 Å². The number of nitrogens with zero attached hydrogens (tertiary/aromatic N) is 3. The van der Waals surface area contributed by atoms with Crippen LogP contribution in [0.1, 0.15) is 24.0 Å². The summed E-state index contributed by atoms with van der Waals surface area (Å²) in [5, 5.41) is 21.5. The Hall–Kier alpha value is -3.87. The maximum atomic E-state index is 13.7. The number of alkyl halides is 3. The Morgan fingerprint density at radius 2 is 2.03 bits per heavy atom. The zero-order chi connectivity index (χ0) is 25.2. The molecule has 4 rings (SSSR count). The van der Waals surface area contributed by atoms with Crippen LogP contribution >= 0.6 is 0 Å². The van der Waals surface area contributed by atoms with Crippen LogP contribution in [-0.2, 0) is 10.9 Å². The number of aromatic amines is 1. The van der Waals surface area contributed by atoms with Gasteiger partial charge in [-0.15, -0.1) is 0 Å². The van der Waals surface area contributed by atoms with E-state index in [2.05, 4.69) is 25.6 Å². The van der Waals surface area contributed by atoms with Crippen LogP contribution in [0.3, 0.4) is 0 Å². The normalized spacial score (nSPS) is 14.5. The summed E-state index contributed by atoms with van der Waals surface area (Å²) in [6.07, 6.45) is -1.38. The van der Waals surface area contributed by atoms with Crippen LogP contribution in [0.15, 0.2) is 24.4 Å². The van der Waals surface area contributed by atoms with Crippen molar-refractivity contribution in [2.24, 2.45) is 0 Å². The number of fused-ring (bicyclic) bond motifs is 1. The molecule has 0 unspecified atom stereocenters. The summed E-state index contributed by atoms with van der Waals surface area (Å²) in [5.74, 6) is 0.607. The fraction of sp³-hybridized carbons (Fsp3) is 0.364. The number of halogens is 3. The number of benzene rings is 1. The molecule has 5 N–H and O–H groups in total. The van der Waals surface area contributed by atoms with Gasteiger partial charge in [-0.05, 0) is 31.0 Å². The van der Waals surface area contributed by atoms with Gasteiger partial charge in [0.15, 0.2) is 0 Å². The van der Waals surface area contributed by atoms with Gasteiger partial charge < -0.3 is 30.0 Å². The predicted octanol–water partition coefficient (Wildman–Crippen LogP) is 4.18. The third-order valence-corrected chi connectivity index (χ3v) is 5.67. The average molecular weight is 490 g/mol. The molecule has 1 saturated heterocycles. The van der Waals surface area contributed by atoms with Crippen molar-refractivity contribution in [3.05, 3.63) is 35.5 Å². The van der Waals surface area contributed by atoms with Crippen molar-refractivity contribution < 1.29 is 22.6 Å². The molecule has 1 aliphatic heterocycles. The van der Waals surface area contributed by atoms with Crippen molar-refractivity contribution >= 4 is 40.7 Å². The molecule has 3 heterocycles. The van der Waals surface area contributed by atoms with Gasteiger partial charge in [0.1, 0.15) is 23.1 Å². The Balaban J connectivity index is 1.71. The highest BCUT2D eigenvalue weighted by Crippen LogP contribution is 2.38. The monoisotopic (exact) mass is 490 g/mol. The molecule has 0 atom stereocenters. The van der Waals surface area contributed by atoms with E-state index in [1.54, 1.807) is 25.2 Å². The van der Waals surface area contributed by atoms with E-state index in [0.29, 0.717) is 43.1 Å². The minimum atomic E-state index is -4.57. The van der Waals surface area contributed by atoms with Crippen LogP contribution in [0.4, 0.5) is 30.6 Å². The van der Waals surface area contributed by atoms with Crippen LogP contribution in [0.5, 0.6) is 5.75 Å². The quantitative estimate of drug-likeness (QED) is 0.248. The number of hydrogen-bond donors (Lipinski definition) is 5. The van der Waals surface area contributed by atoms with Crippen molar-refractivity contribution in [3.63, 3.8) is 0 Å². The molecule has 35 heavy (non-hydrogen) atoms. The zero-order valence-electron chi connectivity index (χ0n) is 19.1. The Bertz CT molecular complexity index is 1240. The first-order chi connectivity index (χ1) is 16.7. The number of hydrogen-bond acceptors (Lipinski definition) is 8. The van der Waals surface area contributed by atoms with E-state index >= 15 is 0 Å². The third-order valence-electron chi connectivity index (χ3n) is 5.67. The van der Waals surface area contributed by atoms with Crippen LogP contribution in [0, 0.1) is 10.8 Å². The largest absolute Gasteiger partial charge is 0.495 e. The van der Waals surface area contributed by atoms with Crippen LogP contribution < -0.4 is 15.4 Å². The molecule has 186 valence electrons. The van der Waals surface area contributed by atoms with Gasteiger partial charge >= 0.3 is 6.18 Å². The predicted molar refractivity (Wildman–Crippen MR) is 126 cm³/mol. The summed E-state index contributed by atoms with van der Waals surface area (Å²) in [7, 11) is 3.03. The van der Waals surface area contributed by atoms with Crippen molar-refractivity contribution in [1.82, 2.24) is 19.9 Å². The minimum Gasteiger partial charge on any atom is -0.495 e. The molecule has 0 aliphatic carbocycles. The lowest BCUT2D eigenvalue weighted by Crippen LogP contribution is -2.28. The molecule has 10 nitrogen and oxygen atoms in total. The number of nitrogens with one attached hydrogen (secondary N) is 5. The van der Waals surface area contributed by atoms with Gasteiger partial charge in [0.05, 0.1) is 30.1 Å². The molecule has 0 amide bonds. The van der Waals surface area contributed by atoms with Crippen LogP contribution in [0.2, 0.25) is 0 Å². The summed E-state index contributed by atoms with van der Waals surface area (Å²) in [6, 6.07) is 4.83. The molecule has 0 bridgehead atoms. The Morgan fingerprint density at radius 1 is 1.29 bits per heavy atom. The van der Waals surface area contributed by atoms with Crippen molar-refractivity contribution in [1.29, 1.82) is 10.8 Å². The van der Waals surface area contributed by atoms with Gasteiger partial charge in [-0.25, -0.2) is 0 Å². The lowest BCUT2D eigenvalue weighted by molar-refractivity contribution is -0.136. The SMILES string of the molecule is COc1cc(C(=N)N(C)C=N)ccc1Nc1nc(NC2CCOCC2)c2c(C(F)(F)F)c[nH]c2n1. The van der Waals surface area contributed by atoms with Gasteiger partial charge in [-0.1, -0.05) is 0 Å². The second-order valence-corrected chi connectivity index (χ2v) is 7.98. The fourth-order valence-electron chi connectivity index (χ4n) is 3.78. The number of H-pyrrole nitrogens is 1. The number of ether oxygens (including phenoxy) is 2. The number of anilines is 3. The third kappa shape index (κ3) is 5.14. The van der Waals surface area contributed by atoms with Gasteiger partial charge in [0.2, 0.25) is 5.95 Å². The molecule has 1 aliphatic rings. The molecule has 1 fully saturated rings. The first-order valence-corrected chi connectivity index (χ1v) is 10.8. The van der Waals surface area contributed by atoms with Crippen molar-refractivity contribution in [2.75, 3.05) is 38.0 Å². The van der Waals surface area contributed by atoms with E-state index in [4.69, 9.17) is 20.3 Å². The Morgan fingerprint density at radius 3 is 2.69 bits per heavy atom. The summed E-state index contributed by atoms with van der Waals surface area (Å²) in [5.41, 5.74) is 0.162. The van der Waals surface area contributed by atoms with E-state index in [1.807, 2.05) is 0 Å². The molecule has 1 aromatic carbocycles. The highest BCUT2D eigenvalue weighted by molar-refractivity contribution is 6.02. The van der Waals surface area contributed by atoms with Gasteiger partial charge in [0.25, 0.3) is 0 Å². The average Bonchev–Trinajstić information content (AvgIpc) is 3.29. The van der Waals surface area contributed by atoms with E-state index in [0.717, 1.165) is 12.5 Å². The highest BCUT2D eigenvalue weighted by atomic mass is 19.4. The number of rotatable bonds is 7. The Labute approximate surface area is 198 Å². The van der Waals surface area contributed by atoms with E-state index in [-0.39, 0.29) is 34.7 Å². The molecule has 0 saturated carbocycles. The highest BCUT2D eigenvalue weighted by Gasteiger charge is 2.36. The standard InChI is InChI=1S/C22H25F3N8O2/c1-33(11-26)18(27)12-3-4-15(16(9-12)34-2)30-21-31-19-17(14(10-28-19)22(23,24)25)20(32-21)29-13-5-7-35-8-6-13/h3-4,9-11,13,26-27H,5-8H2,1-2H3,(H3,28,29,30,31,32). The Kier molecular flexibility index (Phi) is 6.78. The van der Waals surface area contributed by atoms with Gasteiger partial charge in [-0.3, -0.25) is 10.8 Å². The summed E-state index contributed by atoms with van der Waals surface area (Å²) in [4.78, 5) is 12.6. The zero-order valence-corrected chi connectivity index (χ0v) is 19.1. The lowest BCUT2D eigenvalue weighted by Gasteiger charge is -2.24. The smallest absolute Gasteiger partial charge is 0.418 e. The van der Waals surface area contributed by atoms with Crippen LogP contribution in [-0.4, -0.2) is 65.4 Å². The summed E-state index contributed by atoms with van der Waals surface area (Å²) >= 11 is 0. The molecular weight excluding hydrogens is 465 g/mol. The topological polar surface area (TPSA) is 135 Å². The first kappa shape index (κ1) is 24.3. The van der Waals surface area contributed by atoms with Crippen molar-refractivity contribution in [2.45, 2.75) is 25.1 Å². The van der Waals surface area contributed by atoms with Gasteiger partial charge in [-0.2, -0.15) is 23.1 Å². The molecule has 13 heteroatoms. The lowest BCUT2D eigenvalue weighted by atomic mass is 10.1. The molecule has 2 aromatic heterocycles. The first-order valence-electron chi connectivity index (χ1n) is 10.8. The molecule has 0 radical (unpaired) electrons.